The highest BCUT2D eigenvalue weighted by molar-refractivity contribution is 7.10. The first-order valence-electron chi connectivity index (χ1n) is 4.64. The summed E-state index contributed by atoms with van der Waals surface area (Å²) in [6.07, 6.45) is 2.54. The molecule has 1 aromatic rings. The first-order chi connectivity index (χ1) is 7.17. The minimum absolute atomic E-state index is 0.414. The third-order valence-electron chi connectivity index (χ3n) is 2.35. The summed E-state index contributed by atoms with van der Waals surface area (Å²) in [5.41, 5.74) is 0.205. The van der Waals surface area contributed by atoms with Crippen LogP contribution in [0.15, 0.2) is 24.1 Å². The second-order valence-corrected chi connectivity index (χ2v) is 4.50. The van der Waals surface area contributed by atoms with Crippen molar-refractivity contribution >= 4 is 11.3 Å². The van der Waals surface area contributed by atoms with E-state index in [0.717, 1.165) is 10.4 Å². The Labute approximate surface area is 94.1 Å². The van der Waals surface area contributed by atoms with E-state index in [9.17, 15) is 0 Å². The molecule has 0 amide bonds. The first-order valence-corrected chi connectivity index (χ1v) is 5.52. The van der Waals surface area contributed by atoms with Crippen molar-refractivity contribution < 1.29 is 0 Å². The Balaban J connectivity index is 2.96. The fourth-order valence-electron chi connectivity index (χ4n) is 1.37. The van der Waals surface area contributed by atoms with Crippen LogP contribution in [-0.2, 0) is 6.42 Å². The van der Waals surface area contributed by atoms with Crippen molar-refractivity contribution in [2.45, 2.75) is 19.8 Å². The van der Waals surface area contributed by atoms with Gasteiger partial charge in [-0.2, -0.15) is 10.5 Å². The van der Waals surface area contributed by atoms with E-state index >= 15 is 0 Å². The topological polar surface area (TPSA) is 47.6 Å². The molecule has 0 atom stereocenters. The third-order valence-corrected chi connectivity index (χ3v) is 3.37. The zero-order valence-corrected chi connectivity index (χ0v) is 9.47. The monoisotopic (exact) mass is 216 g/mol. The Bertz CT molecular complexity index is 417. The molecule has 1 heterocycles. The highest BCUT2D eigenvalue weighted by Crippen LogP contribution is 2.30. The Kier molecular flexibility index (Phi) is 3.66. The summed E-state index contributed by atoms with van der Waals surface area (Å²) < 4.78 is 0. The fourth-order valence-corrected chi connectivity index (χ4v) is 2.39. The molecule has 0 unspecified atom stereocenters. The lowest BCUT2D eigenvalue weighted by molar-refractivity contribution is 0.530. The molecule has 0 spiro atoms. The van der Waals surface area contributed by atoms with Crippen LogP contribution in [0.4, 0.5) is 0 Å². The molecule has 2 nitrogen and oxygen atoms in total. The lowest BCUT2D eigenvalue weighted by atomic mass is 9.83. The van der Waals surface area contributed by atoms with Crippen LogP contribution in [0, 0.1) is 35.0 Å². The van der Waals surface area contributed by atoms with Gasteiger partial charge in [0.05, 0.1) is 12.1 Å². The van der Waals surface area contributed by atoms with Crippen molar-refractivity contribution in [3.05, 3.63) is 34.5 Å². The Morgan fingerprint density at radius 1 is 1.53 bits per heavy atom. The van der Waals surface area contributed by atoms with E-state index < -0.39 is 5.41 Å². The first kappa shape index (κ1) is 11.5. The molecule has 0 aliphatic heterocycles. The number of rotatable bonds is 4. The van der Waals surface area contributed by atoms with Gasteiger partial charge in [-0.15, -0.1) is 17.9 Å². The van der Waals surface area contributed by atoms with E-state index in [1.807, 2.05) is 18.4 Å². The average Bonchev–Trinajstić information content (AvgIpc) is 2.63. The normalized spacial score (nSPS) is 10.3. The van der Waals surface area contributed by atoms with Crippen molar-refractivity contribution in [3.8, 4) is 12.1 Å². The average molecular weight is 216 g/mol. The summed E-state index contributed by atoms with van der Waals surface area (Å²) in [6.45, 7) is 5.59. The van der Waals surface area contributed by atoms with Gasteiger partial charge in [-0.05, 0) is 30.4 Å². The molecule has 0 saturated carbocycles. The zero-order valence-electron chi connectivity index (χ0n) is 8.66. The number of aryl methyl sites for hydroxylation is 1. The van der Waals surface area contributed by atoms with Crippen LogP contribution in [0.1, 0.15) is 16.9 Å². The number of nitriles is 2. The summed E-state index contributed by atoms with van der Waals surface area (Å²) in [5.74, 6) is 0. The quantitative estimate of drug-likeness (QED) is 0.725. The number of hydrogen-bond donors (Lipinski definition) is 0. The van der Waals surface area contributed by atoms with E-state index in [1.165, 1.54) is 0 Å². The van der Waals surface area contributed by atoms with Gasteiger partial charge in [0.25, 0.3) is 0 Å². The number of nitrogens with zero attached hydrogens (tertiary/aromatic N) is 2. The van der Waals surface area contributed by atoms with E-state index in [4.69, 9.17) is 10.5 Å². The van der Waals surface area contributed by atoms with Gasteiger partial charge in [-0.1, -0.05) is 6.08 Å². The number of hydrogen-bond acceptors (Lipinski definition) is 3. The van der Waals surface area contributed by atoms with Crippen LogP contribution in [0.3, 0.4) is 0 Å². The molecule has 15 heavy (non-hydrogen) atoms. The summed E-state index contributed by atoms with van der Waals surface area (Å²) in [6, 6.07) is 6.22. The number of allylic oxidation sites excluding steroid dienone is 1. The summed E-state index contributed by atoms with van der Waals surface area (Å²) >= 11 is 1.60. The number of thiophene rings is 1. The molecule has 3 heteroatoms. The van der Waals surface area contributed by atoms with Gasteiger partial charge >= 0.3 is 0 Å². The van der Waals surface area contributed by atoms with Crippen LogP contribution in [0.2, 0.25) is 0 Å². The summed E-state index contributed by atoms with van der Waals surface area (Å²) in [4.78, 5) is 1.11. The lowest BCUT2D eigenvalue weighted by Crippen LogP contribution is -2.18. The van der Waals surface area contributed by atoms with Crippen molar-refractivity contribution in [1.29, 1.82) is 10.5 Å². The van der Waals surface area contributed by atoms with Crippen LogP contribution in [-0.4, -0.2) is 0 Å². The van der Waals surface area contributed by atoms with Gasteiger partial charge in [0.15, 0.2) is 5.41 Å². The Morgan fingerprint density at radius 3 is 2.60 bits per heavy atom. The van der Waals surface area contributed by atoms with Gasteiger partial charge in [0.1, 0.15) is 0 Å². The minimum atomic E-state index is -0.947. The Morgan fingerprint density at radius 2 is 2.20 bits per heavy atom. The third kappa shape index (κ3) is 2.46. The predicted octanol–water partition coefficient (Wildman–Crippen LogP) is 3.21. The highest BCUT2D eigenvalue weighted by atomic mass is 32.1. The smallest absolute Gasteiger partial charge is 0.152 e. The molecule has 76 valence electrons. The van der Waals surface area contributed by atoms with E-state index in [-0.39, 0.29) is 0 Å². The van der Waals surface area contributed by atoms with E-state index in [1.54, 1.807) is 17.4 Å². The van der Waals surface area contributed by atoms with Crippen molar-refractivity contribution in [3.63, 3.8) is 0 Å². The maximum Gasteiger partial charge on any atom is 0.152 e. The maximum atomic E-state index is 9.08. The summed E-state index contributed by atoms with van der Waals surface area (Å²) in [5, 5.41) is 20.1. The van der Waals surface area contributed by atoms with Crippen molar-refractivity contribution in [2.24, 2.45) is 5.41 Å². The fraction of sp³-hybridized carbons (Fsp3) is 0.333. The molecule has 0 aromatic carbocycles. The van der Waals surface area contributed by atoms with E-state index in [0.29, 0.717) is 12.8 Å². The molecule has 0 aliphatic carbocycles. The molecule has 1 aromatic heterocycles. The Hall–Kier alpha value is -1.58. The van der Waals surface area contributed by atoms with Gasteiger partial charge in [-0.25, -0.2) is 0 Å². The van der Waals surface area contributed by atoms with Crippen molar-refractivity contribution in [2.75, 3.05) is 0 Å². The largest absolute Gasteiger partial charge is 0.197 e. The molecule has 0 aliphatic rings. The second kappa shape index (κ2) is 4.77. The molecule has 1 rings (SSSR count). The SMILES string of the molecule is C=CCC(C#N)(C#N)Cc1sccc1C. The molecule has 0 fully saturated rings. The summed E-state index contributed by atoms with van der Waals surface area (Å²) in [7, 11) is 0. The van der Waals surface area contributed by atoms with Crippen LogP contribution < -0.4 is 0 Å². The maximum absolute atomic E-state index is 9.08. The molecular formula is C12H12N2S. The van der Waals surface area contributed by atoms with Crippen LogP contribution in [0.5, 0.6) is 0 Å². The molecule has 0 saturated heterocycles. The lowest BCUT2D eigenvalue weighted by Gasteiger charge is -2.15. The van der Waals surface area contributed by atoms with Crippen molar-refractivity contribution in [1.82, 2.24) is 0 Å². The highest BCUT2D eigenvalue weighted by Gasteiger charge is 2.29. The van der Waals surface area contributed by atoms with Gasteiger partial charge in [-0.3, -0.25) is 0 Å². The molecular weight excluding hydrogens is 204 g/mol. The van der Waals surface area contributed by atoms with Gasteiger partial charge < -0.3 is 0 Å². The van der Waals surface area contributed by atoms with Gasteiger partial charge in [0, 0.05) is 11.3 Å². The standard InChI is InChI=1S/C12H12N2S/c1-3-5-12(8-13,9-14)7-11-10(2)4-6-15-11/h3-4,6H,1,5,7H2,2H3. The molecule has 0 radical (unpaired) electrons. The molecule has 0 N–H and O–H groups in total. The van der Waals surface area contributed by atoms with Crippen LogP contribution >= 0.6 is 11.3 Å². The second-order valence-electron chi connectivity index (χ2n) is 3.50. The van der Waals surface area contributed by atoms with E-state index in [2.05, 4.69) is 18.7 Å². The minimum Gasteiger partial charge on any atom is -0.197 e. The van der Waals surface area contributed by atoms with Crippen LogP contribution in [0.25, 0.3) is 0 Å². The van der Waals surface area contributed by atoms with Gasteiger partial charge in [0.2, 0.25) is 0 Å². The predicted molar refractivity (Wildman–Crippen MR) is 61.2 cm³/mol. The zero-order chi connectivity index (χ0) is 11.3. The molecule has 0 bridgehead atoms.